The van der Waals surface area contributed by atoms with Crippen molar-refractivity contribution < 1.29 is 19.4 Å². The van der Waals surface area contributed by atoms with Crippen LogP contribution in [0.4, 0.5) is 5.69 Å². The first-order chi connectivity index (χ1) is 16.7. The maximum absolute atomic E-state index is 13.4. The summed E-state index contributed by atoms with van der Waals surface area (Å²) in [6, 6.07) is 20.4. The molecule has 1 amide bonds. The molecule has 1 N–H and O–H groups in total. The molecule has 1 atom stereocenters. The van der Waals surface area contributed by atoms with E-state index in [-0.39, 0.29) is 17.4 Å². The number of carbonyl (C=O) groups is 2. The number of rotatable bonds is 5. The Morgan fingerprint density at radius 3 is 2.40 bits per heavy atom. The fourth-order valence-electron chi connectivity index (χ4n) is 4.28. The van der Waals surface area contributed by atoms with Gasteiger partial charge in [0.2, 0.25) is 0 Å². The van der Waals surface area contributed by atoms with E-state index < -0.39 is 17.7 Å². The van der Waals surface area contributed by atoms with Crippen molar-refractivity contribution in [1.82, 2.24) is 0 Å². The van der Waals surface area contributed by atoms with E-state index in [1.54, 1.807) is 48.5 Å². The lowest BCUT2D eigenvalue weighted by molar-refractivity contribution is -0.132. The standard InChI is InChI=1S/C29H26N2O4/c1-17(2)35-23-7-5-6-21(15-23)26-25(27(32)24-14-18(3)8-9-19(24)4)28(33)29(34)31(26)22-12-10-20(16-30)11-13-22/h5-15,17,26,32H,1-4H3/b27-25+. The molecule has 1 unspecified atom stereocenters. The molecule has 1 aliphatic heterocycles. The number of carbonyl (C=O) groups excluding carboxylic acids is 2. The van der Waals surface area contributed by atoms with Crippen LogP contribution in [0.2, 0.25) is 0 Å². The first-order valence-corrected chi connectivity index (χ1v) is 11.4. The summed E-state index contributed by atoms with van der Waals surface area (Å²) in [5.41, 5.74) is 3.72. The monoisotopic (exact) mass is 466 g/mol. The second-order valence-electron chi connectivity index (χ2n) is 8.89. The Kier molecular flexibility index (Phi) is 6.44. The highest BCUT2D eigenvalue weighted by Gasteiger charge is 2.47. The van der Waals surface area contributed by atoms with Gasteiger partial charge in [-0.2, -0.15) is 5.26 Å². The molecular weight excluding hydrogens is 440 g/mol. The van der Waals surface area contributed by atoms with E-state index in [1.165, 1.54) is 4.90 Å². The van der Waals surface area contributed by atoms with Gasteiger partial charge in [-0.25, -0.2) is 0 Å². The number of aliphatic hydroxyl groups is 1. The molecule has 6 nitrogen and oxygen atoms in total. The number of hydrogen-bond acceptors (Lipinski definition) is 5. The van der Waals surface area contributed by atoms with Crippen molar-refractivity contribution in [3.05, 3.63) is 100 Å². The van der Waals surface area contributed by atoms with Crippen LogP contribution in [-0.2, 0) is 9.59 Å². The summed E-state index contributed by atoms with van der Waals surface area (Å²) in [6.07, 6.45) is -0.0647. The third kappa shape index (κ3) is 4.53. The molecule has 0 spiro atoms. The van der Waals surface area contributed by atoms with Crippen LogP contribution in [0.5, 0.6) is 5.75 Å². The van der Waals surface area contributed by atoms with E-state index in [0.717, 1.165) is 11.1 Å². The van der Waals surface area contributed by atoms with Crippen LogP contribution in [0, 0.1) is 25.2 Å². The van der Waals surface area contributed by atoms with Gasteiger partial charge in [-0.3, -0.25) is 14.5 Å². The topological polar surface area (TPSA) is 90.6 Å². The molecule has 0 saturated carbocycles. The molecule has 6 heteroatoms. The maximum atomic E-state index is 13.4. The van der Waals surface area contributed by atoms with Gasteiger partial charge < -0.3 is 9.84 Å². The number of anilines is 1. The lowest BCUT2D eigenvalue weighted by Crippen LogP contribution is -2.29. The van der Waals surface area contributed by atoms with E-state index >= 15 is 0 Å². The van der Waals surface area contributed by atoms with Crippen molar-refractivity contribution in [2.75, 3.05) is 4.90 Å². The van der Waals surface area contributed by atoms with Crippen LogP contribution < -0.4 is 9.64 Å². The van der Waals surface area contributed by atoms with E-state index in [0.29, 0.717) is 28.1 Å². The fourth-order valence-corrected chi connectivity index (χ4v) is 4.28. The SMILES string of the molecule is Cc1ccc(C)c(/C(O)=C2\C(=O)C(=O)N(c3ccc(C#N)cc3)C2c2cccc(OC(C)C)c2)c1. The largest absolute Gasteiger partial charge is 0.507 e. The molecule has 0 bridgehead atoms. The highest BCUT2D eigenvalue weighted by atomic mass is 16.5. The lowest BCUT2D eigenvalue weighted by atomic mass is 9.93. The van der Waals surface area contributed by atoms with E-state index in [4.69, 9.17) is 4.74 Å². The van der Waals surface area contributed by atoms with Gasteiger partial charge in [0, 0.05) is 11.3 Å². The second kappa shape index (κ2) is 9.47. The minimum atomic E-state index is -0.876. The summed E-state index contributed by atoms with van der Waals surface area (Å²) >= 11 is 0. The zero-order chi connectivity index (χ0) is 25.3. The summed E-state index contributed by atoms with van der Waals surface area (Å²) in [6.45, 7) is 7.57. The Hall–Kier alpha value is -4.37. The van der Waals surface area contributed by atoms with Crippen molar-refractivity contribution in [3.63, 3.8) is 0 Å². The number of benzene rings is 3. The minimum absolute atomic E-state index is 0.00903. The van der Waals surface area contributed by atoms with Crippen molar-refractivity contribution in [2.45, 2.75) is 39.8 Å². The van der Waals surface area contributed by atoms with E-state index in [9.17, 15) is 20.0 Å². The van der Waals surface area contributed by atoms with Crippen LogP contribution in [-0.4, -0.2) is 22.9 Å². The zero-order valence-electron chi connectivity index (χ0n) is 20.1. The molecule has 4 rings (SSSR count). The van der Waals surface area contributed by atoms with Gasteiger partial charge in [0.25, 0.3) is 11.7 Å². The van der Waals surface area contributed by atoms with Gasteiger partial charge in [0.15, 0.2) is 0 Å². The summed E-state index contributed by atoms with van der Waals surface area (Å²) in [5, 5.41) is 20.6. The summed E-state index contributed by atoms with van der Waals surface area (Å²) in [4.78, 5) is 28.1. The van der Waals surface area contributed by atoms with Crippen LogP contribution in [0.25, 0.3) is 5.76 Å². The van der Waals surface area contributed by atoms with E-state index in [1.807, 2.05) is 45.9 Å². The highest BCUT2D eigenvalue weighted by Crippen LogP contribution is 2.43. The molecule has 0 radical (unpaired) electrons. The molecule has 1 heterocycles. The van der Waals surface area contributed by atoms with Crippen molar-refractivity contribution in [1.29, 1.82) is 5.26 Å². The molecule has 0 aliphatic carbocycles. The fraction of sp³-hybridized carbons (Fsp3) is 0.207. The smallest absolute Gasteiger partial charge is 0.300 e. The van der Waals surface area contributed by atoms with Crippen LogP contribution in [0.1, 0.15) is 47.7 Å². The second-order valence-corrected chi connectivity index (χ2v) is 8.89. The molecule has 176 valence electrons. The van der Waals surface area contributed by atoms with Gasteiger partial charge in [-0.15, -0.1) is 0 Å². The number of aliphatic hydroxyl groups excluding tert-OH is 1. The van der Waals surface area contributed by atoms with Gasteiger partial charge in [-0.05, 0) is 81.3 Å². The number of Topliss-reactive ketones (excluding diaryl/α,β-unsaturated/α-hetero) is 1. The lowest BCUT2D eigenvalue weighted by Gasteiger charge is -2.26. The van der Waals surface area contributed by atoms with Gasteiger partial charge in [-0.1, -0.05) is 29.8 Å². The molecule has 3 aromatic rings. The number of nitriles is 1. The number of amides is 1. The number of aryl methyl sites for hydroxylation is 2. The first-order valence-electron chi connectivity index (χ1n) is 11.4. The van der Waals surface area contributed by atoms with Gasteiger partial charge in [0.1, 0.15) is 11.5 Å². The predicted octanol–water partition coefficient (Wildman–Crippen LogP) is 5.59. The summed E-state index contributed by atoms with van der Waals surface area (Å²) in [7, 11) is 0. The average Bonchev–Trinajstić information content (AvgIpc) is 3.10. The molecule has 1 fully saturated rings. The number of ketones is 1. The quantitative estimate of drug-likeness (QED) is 0.301. The molecule has 1 aliphatic rings. The highest BCUT2D eigenvalue weighted by molar-refractivity contribution is 6.51. The molecule has 0 aromatic heterocycles. The average molecular weight is 467 g/mol. The van der Waals surface area contributed by atoms with Gasteiger partial charge in [0.05, 0.1) is 29.4 Å². The van der Waals surface area contributed by atoms with Gasteiger partial charge >= 0.3 is 0 Å². The summed E-state index contributed by atoms with van der Waals surface area (Å²) < 4.78 is 5.85. The first kappa shape index (κ1) is 23.8. The Labute approximate surface area is 204 Å². The Balaban J connectivity index is 1.96. The van der Waals surface area contributed by atoms with Crippen molar-refractivity contribution in [3.8, 4) is 11.8 Å². The third-order valence-corrected chi connectivity index (χ3v) is 5.91. The Morgan fingerprint density at radius 1 is 1.03 bits per heavy atom. The molecular formula is C29H26N2O4. The van der Waals surface area contributed by atoms with E-state index in [2.05, 4.69) is 6.07 Å². The number of hydrogen-bond donors (Lipinski definition) is 1. The Morgan fingerprint density at radius 2 is 1.74 bits per heavy atom. The maximum Gasteiger partial charge on any atom is 0.300 e. The summed E-state index contributed by atoms with van der Waals surface area (Å²) in [5.74, 6) is -1.15. The molecule has 35 heavy (non-hydrogen) atoms. The van der Waals surface area contributed by atoms with Crippen LogP contribution in [0.15, 0.2) is 72.3 Å². The minimum Gasteiger partial charge on any atom is -0.507 e. The third-order valence-electron chi connectivity index (χ3n) is 5.91. The zero-order valence-corrected chi connectivity index (χ0v) is 20.1. The molecule has 1 saturated heterocycles. The normalized spacial score (nSPS) is 17.0. The van der Waals surface area contributed by atoms with Crippen molar-refractivity contribution >= 4 is 23.1 Å². The van der Waals surface area contributed by atoms with Crippen LogP contribution >= 0.6 is 0 Å². The Bertz CT molecular complexity index is 1380. The molecule has 3 aromatic carbocycles. The van der Waals surface area contributed by atoms with Crippen LogP contribution in [0.3, 0.4) is 0 Å². The predicted molar refractivity (Wildman–Crippen MR) is 134 cm³/mol. The van der Waals surface area contributed by atoms with Crippen molar-refractivity contribution in [2.24, 2.45) is 0 Å². The number of ether oxygens (including phenoxy) is 1. The number of nitrogens with zero attached hydrogens (tertiary/aromatic N) is 2.